The van der Waals surface area contributed by atoms with Gasteiger partial charge in [-0.2, -0.15) is 0 Å². The van der Waals surface area contributed by atoms with Crippen molar-refractivity contribution in [3.63, 3.8) is 0 Å². The van der Waals surface area contributed by atoms with E-state index in [1.165, 1.54) is 64.7 Å². The van der Waals surface area contributed by atoms with Gasteiger partial charge in [-0.1, -0.05) is 80.4 Å². The Bertz CT molecular complexity index is 2410. The fourth-order valence-corrected chi connectivity index (χ4v) is 9.79. The van der Waals surface area contributed by atoms with Crippen molar-refractivity contribution in [2.75, 3.05) is 9.80 Å². The molecule has 5 heterocycles. The van der Waals surface area contributed by atoms with E-state index in [2.05, 4.69) is 115 Å². The van der Waals surface area contributed by atoms with Crippen LogP contribution in [0.1, 0.15) is 45.1 Å². The molecule has 1 fully saturated rings. The third-order valence-corrected chi connectivity index (χ3v) is 12.0. The van der Waals surface area contributed by atoms with Gasteiger partial charge < -0.3 is 18.6 Å². The first kappa shape index (κ1) is 24.4. The molecule has 0 spiro atoms. The highest BCUT2D eigenvalue weighted by atomic mass is 16.4. The summed E-state index contributed by atoms with van der Waals surface area (Å²) in [4.78, 5) is 5.23. The van der Waals surface area contributed by atoms with Gasteiger partial charge in [-0.05, 0) is 84.2 Å². The molecule has 0 saturated heterocycles. The monoisotopic (exact) mass is 582 g/mol. The van der Waals surface area contributed by atoms with Crippen molar-refractivity contribution in [1.29, 1.82) is 0 Å². The first-order chi connectivity index (χ1) is 22.1. The molecule has 0 N–H and O–H groups in total. The van der Waals surface area contributed by atoms with Gasteiger partial charge in [0.1, 0.15) is 5.58 Å². The molecule has 2 aromatic heterocycles. The van der Waals surface area contributed by atoms with Gasteiger partial charge in [0.25, 0.3) is 6.71 Å². The zero-order valence-corrected chi connectivity index (χ0v) is 25.4. The van der Waals surface area contributed by atoms with E-state index in [1.807, 2.05) is 12.1 Å². The molecule has 2 unspecified atom stereocenters. The Labute approximate surface area is 261 Å². The molecule has 2 atom stereocenters. The van der Waals surface area contributed by atoms with Gasteiger partial charge in [-0.15, -0.1) is 0 Å². The summed E-state index contributed by atoms with van der Waals surface area (Å²) in [6.45, 7) is 5.17. The SMILES string of the molecule is CC12CCCCC1(C)N1c3ccccc3B3c4ccc5c(oc6c7ccccc7oc56)c4N(c4ccccc4)c4ccc2c1c43. The van der Waals surface area contributed by atoms with Gasteiger partial charge in [-0.3, -0.25) is 0 Å². The van der Waals surface area contributed by atoms with Crippen LogP contribution < -0.4 is 26.2 Å². The molecule has 0 bridgehead atoms. The summed E-state index contributed by atoms with van der Waals surface area (Å²) in [5.74, 6) is 0. The Morgan fingerprint density at radius 2 is 1.40 bits per heavy atom. The molecule has 4 aliphatic rings. The lowest BCUT2D eigenvalue weighted by Crippen LogP contribution is -2.64. The maximum Gasteiger partial charge on any atom is 0.252 e. The van der Waals surface area contributed by atoms with Crippen LogP contribution in [0, 0.1) is 0 Å². The molecular formula is C40H31BN2O2. The average Bonchev–Trinajstić information content (AvgIpc) is 3.69. The Morgan fingerprint density at radius 1 is 0.622 bits per heavy atom. The molecule has 3 aliphatic heterocycles. The highest BCUT2D eigenvalue weighted by Gasteiger charge is 2.61. The zero-order chi connectivity index (χ0) is 29.7. The second-order valence-corrected chi connectivity index (χ2v) is 13.9. The van der Waals surface area contributed by atoms with Gasteiger partial charge >= 0.3 is 0 Å². The van der Waals surface area contributed by atoms with Crippen LogP contribution in [-0.4, -0.2) is 12.3 Å². The van der Waals surface area contributed by atoms with E-state index in [1.54, 1.807) is 0 Å². The third kappa shape index (κ3) is 2.70. The quantitative estimate of drug-likeness (QED) is 0.181. The summed E-state index contributed by atoms with van der Waals surface area (Å²) in [7, 11) is 0. The minimum Gasteiger partial charge on any atom is -0.452 e. The largest absolute Gasteiger partial charge is 0.452 e. The predicted octanol–water partition coefficient (Wildman–Crippen LogP) is 8.69. The second-order valence-electron chi connectivity index (χ2n) is 13.9. The van der Waals surface area contributed by atoms with Crippen molar-refractivity contribution in [2.24, 2.45) is 0 Å². The lowest BCUT2D eigenvalue weighted by atomic mass is 9.33. The summed E-state index contributed by atoms with van der Waals surface area (Å²) >= 11 is 0. The summed E-state index contributed by atoms with van der Waals surface area (Å²) in [5, 5.41) is 2.03. The molecule has 1 saturated carbocycles. The minimum atomic E-state index is 0.0259. The van der Waals surface area contributed by atoms with E-state index in [0.29, 0.717) is 0 Å². The fraction of sp³-hybridized carbons (Fsp3) is 0.200. The number of nitrogens with zero attached hydrogens (tertiary/aromatic N) is 2. The van der Waals surface area contributed by atoms with Crippen LogP contribution in [0.4, 0.5) is 28.4 Å². The number of fused-ring (bicyclic) bond motifs is 14. The Balaban J connectivity index is 1.29. The molecule has 1 aliphatic carbocycles. The number of para-hydroxylation sites is 3. The zero-order valence-electron chi connectivity index (χ0n) is 25.4. The van der Waals surface area contributed by atoms with E-state index >= 15 is 0 Å². The molecule has 4 nitrogen and oxygen atoms in total. The number of hydrogen-bond acceptors (Lipinski definition) is 4. The molecular weight excluding hydrogens is 551 g/mol. The van der Waals surface area contributed by atoms with E-state index < -0.39 is 0 Å². The van der Waals surface area contributed by atoms with Crippen LogP contribution >= 0.6 is 0 Å². The van der Waals surface area contributed by atoms with Crippen molar-refractivity contribution in [3.8, 4) is 0 Å². The summed E-state index contributed by atoms with van der Waals surface area (Å²) in [5.41, 5.74) is 15.4. The van der Waals surface area contributed by atoms with Crippen molar-refractivity contribution >= 4 is 84.6 Å². The van der Waals surface area contributed by atoms with Crippen molar-refractivity contribution in [3.05, 3.63) is 109 Å². The number of hydrogen-bond donors (Lipinski definition) is 0. The average molecular weight is 583 g/mol. The summed E-state index contributed by atoms with van der Waals surface area (Å²) in [6, 6.07) is 37.7. The van der Waals surface area contributed by atoms with Crippen LogP contribution in [0.3, 0.4) is 0 Å². The Morgan fingerprint density at radius 3 is 2.31 bits per heavy atom. The standard InChI is InChI=1S/C40H31BN2O2/c1-39-22-10-11-23-40(39,2)43-30-16-8-7-15-28(30)41-29-20-18-26-36(45-37-25-14-6-9-17-32(25)44-38(26)37)35(29)42(24-12-4-3-5-13-24)31-21-19-27(39)34(43)33(31)41/h3-9,12-21H,10-11,22-23H2,1-2H3. The first-order valence-corrected chi connectivity index (χ1v) is 16.4. The van der Waals surface area contributed by atoms with Crippen molar-refractivity contribution in [2.45, 2.75) is 50.5 Å². The first-order valence-electron chi connectivity index (χ1n) is 16.4. The Hall–Kier alpha value is -4.90. The smallest absolute Gasteiger partial charge is 0.252 e. The molecule has 5 heteroatoms. The van der Waals surface area contributed by atoms with Gasteiger partial charge in [0.05, 0.1) is 22.0 Å². The summed E-state index contributed by atoms with van der Waals surface area (Å²) in [6.07, 6.45) is 4.98. The lowest BCUT2D eigenvalue weighted by molar-refractivity contribution is 0.195. The Kier molecular flexibility index (Phi) is 4.36. The van der Waals surface area contributed by atoms with Crippen molar-refractivity contribution in [1.82, 2.24) is 0 Å². The highest BCUT2D eigenvalue weighted by Crippen LogP contribution is 2.62. The topological polar surface area (TPSA) is 32.8 Å². The third-order valence-electron chi connectivity index (χ3n) is 12.0. The number of furan rings is 2. The van der Waals surface area contributed by atoms with Gasteiger partial charge in [0.2, 0.25) is 0 Å². The van der Waals surface area contributed by atoms with Crippen LogP contribution in [0.5, 0.6) is 0 Å². The van der Waals surface area contributed by atoms with Crippen LogP contribution in [0.15, 0.2) is 112 Å². The van der Waals surface area contributed by atoms with E-state index in [4.69, 9.17) is 8.83 Å². The summed E-state index contributed by atoms with van der Waals surface area (Å²) < 4.78 is 13.4. The highest BCUT2D eigenvalue weighted by molar-refractivity contribution is 7.00. The molecule has 5 aromatic carbocycles. The van der Waals surface area contributed by atoms with E-state index in [0.717, 1.165) is 44.5 Å². The molecule has 11 rings (SSSR count). The number of anilines is 5. The fourth-order valence-electron chi connectivity index (χ4n) is 9.79. The van der Waals surface area contributed by atoms with Crippen LogP contribution in [0.2, 0.25) is 0 Å². The molecule has 45 heavy (non-hydrogen) atoms. The minimum absolute atomic E-state index is 0.0259. The molecule has 216 valence electrons. The predicted molar refractivity (Wildman–Crippen MR) is 186 cm³/mol. The molecule has 0 amide bonds. The van der Waals surface area contributed by atoms with E-state index in [-0.39, 0.29) is 17.7 Å². The van der Waals surface area contributed by atoms with Crippen LogP contribution in [-0.2, 0) is 5.41 Å². The maximum absolute atomic E-state index is 6.92. The van der Waals surface area contributed by atoms with Gasteiger partial charge in [-0.25, -0.2) is 0 Å². The number of benzene rings is 5. The molecule has 7 aromatic rings. The van der Waals surface area contributed by atoms with E-state index in [9.17, 15) is 0 Å². The van der Waals surface area contributed by atoms with Crippen molar-refractivity contribution < 1.29 is 8.83 Å². The maximum atomic E-state index is 6.92. The number of rotatable bonds is 1. The normalized spacial score (nSPS) is 22.6. The van der Waals surface area contributed by atoms with Gasteiger partial charge in [0.15, 0.2) is 16.7 Å². The second kappa shape index (κ2) is 8.03. The van der Waals surface area contributed by atoms with Crippen LogP contribution in [0.25, 0.3) is 33.1 Å². The van der Waals surface area contributed by atoms with Gasteiger partial charge in [0, 0.05) is 28.2 Å². The molecule has 0 radical (unpaired) electrons. The lowest BCUT2D eigenvalue weighted by Gasteiger charge is -2.52.